The number of aryl methyl sites for hydroxylation is 1. The molecule has 1 amide bonds. The van der Waals surface area contributed by atoms with Crippen LogP contribution in [0.5, 0.6) is 0 Å². The molecule has 0 unspecified atom stereocenters. The predicted octanol–water partition coefficient (Wildman–Crippen LogP) is 3.98. The third-order valence-electron chi connectivity index (χ3n) is 4.40. The Kier molecular flexibility index (Phi) is 6.53. The first-order valence-electron chi connectivity index (χ1n) is 9.02. The van der Waals surface area contributed by atoms with E-state index in [2.05, 4.69) is 15.3 Å². The minimum atomic E-state index is -0.0603. The van der Waals surface area contributed by atoms with Crippen LogP contribution in [-0.2, 0) is 4.74 Å². The van der Waals surface area contributed by atoms with Crippen LogP contribution in [0, 0.1) is 6.92 Å². The Morgan fingerprint density at radius 3 is 2.92 bits per heavy atom. The van der Waals surface area contributed by atoms with E-state index in [0.29, 0.717) is 24.1 Å². The zero-order chi connectivity index (χ0) is 17.5. The second-order valence-corrected chi connectivity index (χ2v) is 7.39. The van der Waals surface area contributed by atoms with Crippen molar-refractivity contribution in [3.63, 3.8) is 0 Å². The van der Waals surface area contributed by atoms with Gasteiger partial charge in [-0.05, 0) is 38.3 Å². The third kappa shape index (κ3) is 5.09. The molecule has 1 aliphatic carbocycles. The molecule has 5 nitrogen and oxygen atoms in total. The van der Waals surface area contributed by atoms with E-state index in [4.69, 9.17) is 4.74 Å². The molecule has 0 saturated heterocycles. The minimum Gasteiger partial charge on any atom is -0.378 e. The summed E-state index contributed by atoms with van der Waals surface area (Å²) in [5, 5.41) is 3.75. The molecule has 2 aromatic heterocycles. The van der Waals surface area contributed by atoms with Crippen molar-refractivity contribution in [3.8, 4) is 10.7 Å². The molecule has 2 heterocycles. The van der Waals surface area contributed by atoms with Crippen LogP contribution >= 0.6 is 11.3 Å². The van der Waals surface area contributed by atoms with E-state index < -0.39 is 0 Å². The highest BCUT2D eigenvalue weighted by Gasteiger charge is 2.17. The fourth-order valence-electron chi connectivity index (χ4n) is 3.04. The van der Waals surface area contributed by atoms with Gasteiger partial charge in [0.1, 0.15) is 9.88 Å². The van der Waals surface area contributed by atoms with Gasteiger partial charge >= 0.3 is 0 Å². The molecule has 1 N–H and O–H groups in total. The number of thiazole rings is 1. The number of ether oxygens (including phenoxy) is 1. The third-order valence-corrected chi connectivity index (χ3v) is 5.58. The van der Waals surface area contributed by atoms with Crippen LogP contribution in [0.2, 0.25) is 0 Å². The molecule has 1 saturated carbocycles. The molecule has 0 aliphatic heterocycles. The maximum absolute atomic E-state index is 12.4. The number of carbonyl (C=O) groups is 1. The molecule has 0 radical (unpaired) electrons. The first kappa shape index (κ1) is 18.0. The number of pyridine rings is 1. The molecule has 3 rings (SSSR count). The quantitative estimate of drug-likeness (QED) is 0.760. The zero-order valence-corrected chi connectivity index (χ0v) is 15.5. The Balaban J connectivity index is 1.44. The topological polar surface area (TPSA) is 64.1 Å². The summed E-state index contributed by atoms with van der Waals surface area (Å²) in [5.41, 5.74) is 1.55. The average molecular weight is 359 g/mol. The van der Waals surface area contributed by atoms with Gasteiger partial charge in [-0.3, -0.25) is 9.78 Å². The second kappa shape index (κ2) is 9.06. The normalized spacial score (nSPS) is 15.2. The summed E-state index contributed by atoms with van der Waals surface area (Å²) in [4.78, 5) is 21.8. The number of aromatic nitrogens is 2. The lowest BCUT2D eigenvalue weighted by Crippen LogP contribution is -2.26. The first-order chi connectivity index (χ1) is 12.2. The van der Waals surface area contributed by atoms with Crippen LogP contribution in [0.15, 0.2) is 24.4 Å². The molecule has 0 atom stereocenters. The SMILES string of the molecule is Cc1nc(-c2ccccn2)sc1C(=O)NCCCOC1CCCCC1. The van der Waals surface area contributed by atoms with E-state index in [1.165, 1.54) is 43.4 Å². The molecule has 1 fully saturated rings. The van der Waals surface area contributed by atoms with Gasteiger partial charge < -0.3 is 10.1 Å². The van der Waals surface area contributed by atoms with Crippen molar-refractivity contribution in [1.29, 1.82) is 0 Å². The lowest BCUT2D eigenvalue weighted by molar-refractivity contribution is 0.0273. The molecule has 2 aromatic rings. The van der Waals surface area contributed by atoms with Crippen LogP contribution in [0.1, 0.15) is 53.9 Å². The van der Waals surface area contributed by atoms with Crippen LogP contribution in [-0.4, -0.2) is 35.1 Å². The van der Waals surface area contributed by atoms with Gasteiger partial charge in [-0.15, -0.1) is 11.3 Å². The summed E-state index contributed by atoms with van der Waals surface area (Å²) in [5.74, 6) is -0.0603. The summed E-state index contributed by atoms with van der Waals surface area (Å²) >= 11 is 1.39. The fourth-order valence-corrected chi connectivity index (χ4v) is 4.00. The largest absolute Gasteiger partial charge is 0.378 e. The molecule has 0 aromatic carbocycles. The van der Waals surface area contributed by atoms with E-state index in [0.717, 1.165) is 22.8 Å². The summed E-state index contributed by atoms with van der Waals surface area (Å²) < 4.78 is 5.89. The number of rotatable bonds is 7. The second-order valence-electron chi connectivity index (χ2n) is 6.39. The van der Waals surface area contributed by atoms with Gasteiger partial charge in [0.15, 0.2) is 0 Å². The Morgan fingerprint density at radius 2 is 2.16 bits per heavy atom. The number of nitrogens with zero attached hydrogens (tertiary/aromatic N) is 2. The Bertz CT molecular complexity index is 681. The van der Waals surface area contributed by atoms with Gasteiger partial charge in [-0.1, -0.05) is 25.3 Å². The summed E-state index contributed by atoms with van der Waals surface area (Å²) in [6.45, 7) is 3.21. The average Bonchev–Trinajstić information content (AvgIpc) is 3.05. The molecule has 6 heteroatoms. The monoisotopic (exact) mass is 359 g/mol. The highest BCUT2D eigenvalue weighted by atomic mass is 32.1. The molecular formula is C19H25N3O2S. The van der Waals surface area contributed by atoms with Crippen LogP contribution in [0.3, 0.4) is 0 Å². The van der Waals surface area contributed by atoms with E-state index in [1.807, 2.05) is 25.1 Å². The van der Waals surface area contributed by atoms with Crippen LogP contribution in [0.25, 0.3) is 10.7 Å². The Hall–Kier alpha value is -1.79. The summed E-state index contributed by atoms with van der Waals surface area (Å²) in [6, 6.07) is 5.70. The van der Waals surface area contributed by atoms with Crippen LogP contribution < -0.4 is 5.32 Å². The lowest BCUT2D eigenvalue weighted by Gasteiger charge is -2.21. The van der Waals surface area contributed by atoms with Crippen molar-refractivity contribution in [2.45, 2.75) is 51.6 Å². The van der Waals surface area contributed by atoms with Crippen molar-refractivity contribution in [2.75, 3.05) is 13.2 Å². The van der Waals surface area contributed by atoms with Gasteiger partial charge in [-0.25, -0.2) is 4.98 Å². The number of hydrogen-bond donors (Lipinski definition) is 1. The molecule has 134 valence electrons. The van der Waals surface area contributed by atoms with Gasteiger partial charge in [-0.2, -0.15) is 0 Å². The lowest BCUT2D eigenvalue weighted by atomic mass is 9.98. The molecular weight excluding hydrogens is 334 g/mol. The van der Waals surface area contributed by atoms with Gasteiger partial charge in [0.25, 0.3) is 5.91 Å². The first-order valence-corrected chi connectivity index (χ1v) is 9.84. The van der Waals surface area contributed by atoms with Gasteiger partial charge in [0, 0.05) is 19.3 Å². The summed E-state index contributed by atoms with van der Waals surface area (Å²) in [7, 11) is 0. The standard InChI is InChI=1S/C19H25N3O2S/c1-14-17(25-19(22-14)16-10-5-6-11-20-16)18(23)21-12-7-13-24-15-8-3-2-4-9-15/h5-6,10-11,15H,2-4,7-9,12-13H2,1H3,(H,21,23). The fraction of sp³-hybridized carbons (Fsp3) is 0.526. The van der Waals surface area contributed by atoms with Crippen molar-refractivity contribution >= 4 is 17.2 Å². The zero-order valence-electron chi connectivity index (χ0n) is 14.7. The summed E-state index contributed by atoms with van der Waals surface area (Å²) in [6.07, 6.45) is 9.27. The number of carbonyl (C=O) groups excluding carboxylic acids is 1. The minimum absolute atomic E-state index is 0.0603. The van der Waals surface area contributed by atoms with Crippen molar-refractivity contribution < 1.29 is 9.53 Å². The van der Waals surface area contributed by atoms with E-state index in [1.54, 1.807) is 6.20 Å². The smallest absolute Gasteiger partial charge is 0.263 e. The van der Waals surface area contributed by atoms with Gasteiger partial charge in [0.2, 0.25) is 0 Å². The molecule has 1 aliphatic rings. The van der Waals surface area contributed by atoms with Gasteiger partial charge in [0.05, 0.1) is 17.5 Å². The van der Waals surface area contributed by atoms with Crippen molar-refractivity contribution in [3.05, 3.63) is 35.0 Å². The van der Waals surface area contributed by atoms with E-state index in [9.17, 15) is 4.79 Å². The Morgan fingerprint density at radius 1 is 1.32 bits per heavy atom. The van der Waals surface area contributed by atoms with Crippen molar-refractivity contribution in [2.24, 2.45) is 0 Å². The molecule has 0 bridgehead atoms. The molecule has 0 spiro atoms. The maximum Gasteiger partial charge on any atom is 0.263 e. The number of amides is 1. The maximum atomic E-state index is 12.4. The van der Waals surface area contributed by atoms with Crippen LogP contribution in [0.4, 0.5) is 0 Å². The number of hydrogen-bond acceptors (Lipinski definition) is 5. The Labute approximate surface area is 152 Å². The van der Waals surface area contributed by atoms with Crippen molar-refractivity contribution in [1.82, 2.24) is 15.3 Å². The predicted molar refractivity (Wildman–Crippen MR) is 99.9 cm³/mol. The number of nitrogens with one attached hydrogen (secondary N) is 1. The van der Waals surface area contributed by atoms with E-state index >= 15 is 0 Å². The molecule has 25 heavy (non-hydrogen) atoms. The van der Waals surface area contributed by atoms with E-state index in [-0.39, 0.29) is 5.91 Å². The highest BCUT2D eigenvalue weighted by molar-refractivity contribution is 7.17. The highest BCUT2D eigenvalue weighted by Crippen LogP contribution is 2.26.